The molecule has 0 aliphatic heterocycles. The second kappa shape index (κ2) is 16.3. The largest absolute Gasteiger partial charge is 0.357 e. The molecule has 312 valence electrons. The van der Waals surface area contributed by atoms with Gasteiger partial charge in [-0.25, -0.2) is 0 Å². The molecule has 0 fully saturated rings. The van der Waals surface area contributed by atoms with Gasteiger partial charge in [0, 0.05) is 78.4 Å². The Bertz CT molecular complexity index is 3390. The third-order valence-corrected chi connectivity index (χ3v) is 12.5. The molecule has 0 saturated carbocycles. The number of benzene rings is 7. The van der Waals surface area contributed by atoms with Gasteiger partial charge in [-0.3, -0.25) is 9.59 Å². The minimum Gasteiger partial charge on any atom is -0.357 e. The van der Waals surface area contributed by atoms with E-state index in [1.165, 1.54) is 0 Å². The summed E-state index contributed by atoms with van der Waals surface area (Å²) in [5.74, 6) is -0.725. The Morgan fingerprint density at radius 2 is 0.862 bits per heavy atom. The predicted molar refractivity (Wildman–Crippen MR) is 261 cm³/mol. The van der Waals surface area contributed by atoms with Gasteiger partial charge in [-0.2, -0.15) is 9.13 Å². The fraction of sp³-hybridized carbons (Fsp3) is 0.0526. The first-order valence-corrected chi connectivity index (χ1v) is 21.7. The minimum absolute atomic E-state index is 0.199. The van der Waals surface area contributed by atoms with Gasteiger partial charge in [0.05, 0.1) is 5.92 Å². The van der Waals surface area contributed by atoms with E-state index in [2.05, 4.69) is 118 Å². The average molecular weight is 845 g/mol. The van der Waals surface area contributed by atoms with Crippen molar-refractivity contribution in [2.45, 2.75) is 5.92 Å². The molecule has 0 unspecified atom stereocenters. The SMILES string of the molecule is C[n+]1cc(NC(=O)c2ccc3c(-c4ccccc4)c(C(c4ccccc4)c4[nH]c5cc(C(=O)Nc6cc7ccccc7[n+](C)c6)ccc5c4-c4ccccc4)[nH]c3c2)cc2ccccc21. The lowest BCUT2D eigenvalue weighted by Gasteiger charge is -2.20. The van der Waals surface area contributed by atoms with Gasteiger partial charge in [0.2, 0.25) is 11.0 Å². The van der Waals surface area contributed by atoms with Crippen molar-refractivity contribution in [3.8, 4) is 22.3 Å². The molecule has 0 aliphatic rings. The van der Waals surface area contributed by atoms with E-state index < -0.39 is 0 Å². The summed E-state index contributed by atoms with van der Waals surface area (Å²) in [6, 6.07) is 63.4. The zero-order valence-corrected chi connectivity index (χ0v) is 35.8. The summed E-state index contributed by atoms with van der Waals surface area (Å²) < 4.78 is 4.05. The molecule has 0 atom stereocenters. The van der Waals surface area contributed by atoms with Crippen LogP contribution in [-0.2, 0) is 14.1 Å². The number of rotatable bonds is 9. The van der Waals surface area contributed by atoms with Crippen molar-refractivity contribution in [3.05, 3.63) is 229 Å². The predicted octanol–water partition coefficient (Wildman–Crippen LogP) is 11.6. The Morgan fingerprint density at radius 3 is 1.31 bits per heavy atom. The van der Waals surface area contributed by atoms with Crippen LogP contribution in [0.1, 0.15) is 43.6 Å². The van der Waals surface area contributed by atoms with Crippen molar-refractivity contribution in [1.29, 1.82) is 0 Å². The number of aryl methyl sites for hydroxylation is 2. The normalized spacial score (nSPS) is 11.5. The highest BCUT2D eigenvalue weighted by Gasteiger charge is 2.30. The quantitative estimate of drug-likeness (QED) is 0.109. The molecule has 0 radical (unpaired) electrons. The van der Waals surface area contributed by atoms with Crippen molar-refractivity contribution in [1.82, 2.24) is 9.97 Å². The molecule has 0 aliphatic carbocycles. The monoisotopic (exact) mass is 844 g/mol. The van der Waals surface area contributed by atoms with E-state index >= 15 is 0 Å². The maximum atomic E-state index is 14.0. The van der Waals surface area contributed by atoms with Crippen LogP contribution >= 0.6 is 0 Å². The van der Waals surface area contributed by atoms with Gasteiger partial charge in [0.25, 0.3) is 11.8 Å². The number of aromatic amines is 2. The number of hydrogen-bond acceptors (Lipinski definition) is 2. The van der Waals surface area contributed by atoms with E-state index in [9.17, 15) is 9.59 Å². The number of carbonyl (C=O) groups is 2. The molecule has 0 bridgehead atoms. The Kier molecular flexibility index (Phi) is 9.81. The molecule has 4 N–H and O–H groups in total. The van der Waals surface area contributed by atoms with Crippen LogP contribution in [0.15, 0.2) is 200 Å². The molecule has 11 aromatic rings. The van der Waals surface area contributed by atoms with Crippen molar-refractivity contribution in [3.63, 3.8) is 0 Å². The number of carbonyl (C=O) groups excluding carboxylic acids is 2. The summed E-state index contributed by atoms with van der Waals surface area (Å²) in [4.78, 5) is 35.8. The lowest BCUT2D eigenvalue weighted by molar-refractivity contribution is -0.644. The summed E-state index contributed by atoms with van der Waals surface area (Å²) in [5.41, 5.74) is 13.6. The number of para-hydroxylation sites is 2. The Hall–Kier alpha value is -8.62. The highest BCUT2D eigenvalue weighted by atomic mass is 16.2. The van der Waals surface area contributed by atoms with E-state index in [1.807, 2.05) is 127 Å². The van der Waals surface area contributed by atoms with Crippen LogP contribution < -0.4 is 19.8 Å². The summed E-state index contributed by atoms with van der Waals surface area (Å²) in [6.07, 6.45) is 3.88. The first-order valence-electron chi connectivity index (χ1n) is 21.7. The van der Waals surface area contributed by atoms with Gasteiger partial charge < -0.3 is 20.6 Å². The van der Waals surface area contributed by atoms with Crippen LogP contribution in [0.25, 0.3) is 65.9 Å². The van der Waals surface area contributed by atoms with E-state index in [-0.39, 0.29) is 17.7 Å². The highest BCUT2D eigenvalue weighted by molar-refractivity contribution is 6.10. The average Bonchev–Trinajstić information content (AvgIpc) is 3.90. The minimum atomic E-state index is -0.328. The Balaban J connectivity index is 1.05. The van der Waals surface area contributed by atoms with Crippen molar-refractivity contribution < 1.29 is 18.7 Å². The summed E-state index contributed by atoms with van der Waals surface area (Å²) >= 11 is 0. The smallest absolute Gasteiger partial charge is 0.255 e. The van der Waals surface area contributed by atoms with Gasteiger partial charge in [-0.15, -0.1) is 0 Å². The lowest BCUT2D eigenvalue weighted by Crippen LogP contribution is -2.29. The number of fused-ring (bicyclic) bond motifs is 4. The standard InChI is InChI=1S/C57H42N6O2/c1-62-34-43(30-39-22-12-14-24-49(39)62)58-56(64)41-26-28-45-47(32-41)60-54(51(45)36-16-6-3-7-17-36)53(38-20-10-5-11-21-38)55-52(37-18-8-4-9-19-37)46-29-27-42(33-48(46)61-55)57(65)59-44-31-40-23-13-15-25-50(40)63(2)35-44/h3-35,53H,1-2H3,(H2-2,58,59,60,61,64,65)/p+2. The molecule has 4 heterocycles. The number of nitrogens with zero attached hydrogens (tertiary/aromatic N) is 2. The van der Waals surface area contributed by atoms with Crippen LogP contribution in [0.5, 0.6) is 0 Å². The zero-order valence-electron chi connectivity index (χ0n) is 35.8. The number of pyridine rings is 2. The Morgan fingerprint density at radius 1 is 0.462 bits per heavy atom. The van der Waals surface area contributed by atoms with E-state index in [0.717, 1.165) is 82.8 Å². The maximum absolute atomic E-state index is 14.0. The topological polar surface area (TPSA) is 97.5 Å². The molecule has 8 heteroatoms. The van der Waals surface area contributed by atoms with E-state index in [4.69, 9.17) is 0 Å². The molecular weight excluding hydrogens is 801 g/mol. The second-order valence-electron chi connectivity index (χ2n) is 16.6. The van der Waals surface area contributed by atoms with Crippen molar-refractivity contribution in [2.24, 2.45) is 14.1 Å². The van der Waals surface area contributed by atoms with Gasteiger partial charge in [-0.05, 0) is 65.2 Å². The fourth-order valence-corrected chi connectivity index (χ4v) is 9.48. The molecule has 11 rings (SSSR count). The van der Waals surface area contributed by atoms with Crippen LogP contribution in [0.2, 0.25) is 0 Å². The number of anilines is 2. The van der Waals surface area contributed by atoms with Gasteiger partial charge in [0.15, 0.2) is 12.4 Å². The number of H-pyrrole nitrogens is 2. The van der Waals surface area contributed by atoms with E-state index in [0.29, 0.717) is 22.5 Å². The summed E-state index contributed by atoms with van der Waals surface area (Å²) in [6.45, 7) is 0. The second-order valence-corrected chi connectivity index (χ2v) is 16.6. The maximum Gasteiger partial charge on any atom is 0.255 e. The number of nitrogens with one attached hydrogen (secondary N) is 4. The first-order chi connectivity index (χ1) is 31.9. The molecule has 0 spiro atoms. The zero-order chi connectivity index (χ0) is 44.0. The number of aromatic nitrogens is 4. The summed E-state index contributed by atoms with van der Waals surface area (Å²) in [5, 5.41) is 10.4. The van der Waals surface area contributed by atoms with Crippen LogP contribution in [-0.4, -0.2) is 21.8 Å². The van der Waals surface area contributed by atoms with Crippen molar-refractivity contribution in [2.75, 3.05) is 10.6 Å². The number of hydrogen-bond donors (Lipinski definition) is 4. The first kappa shape index (κ1) is 39.2. The molecule has 65 heavy (non-hydrogen) atoms. The summed E-state index contributed by atoms with van der Waals surface area (Å²) in [7, 11) is 3.97. The number of amides is 2. The fourth-order valence-electron chi connectivity index (χ4n) is 9.48. The van der Waals surface area contributed by atoms with Crippen LogP contribution in [0.3, 0.4) is 0 Å². The third kappa shape index (κ3) is 7.26. The Labute approximate surface area is 375 Å². The van der Waals surface area contributed by atoms with Gasteiger partial charge in [-0.1, -0.05) is 127 Å². The third-order valence-electron chi connectivity index (χ3n) is 12.5. The van der Waals surface area contributed by atoms with Crippen LogP contribution in [0, 0.1) is 0 Å². The molecule has 4 aromatic heterocycles. The molecule has 7 aromatic carbocycles. The van der Waals surface area contributed by atoms with Crippen LogP contribution in [0.4, 0.5) is 11.4 Å². The van der Waals surface area contributed by atoms with Gasteiger partial charge in [0.1, 0.15) is 25.5 Å². The molecule has 2 amide bonds. The van der Waals surface area contributed by atoms with Crippen molar-refractivity contribution >= 4 is 66.8 Å². The highest BCUT2D eigenvalue weighted by Crippen LogP contribution is 2.46. The molecule has 8 nitrogen and oxygen atoms in total. The van der Waals surface area contributed by atoms with E-state index in [1.54, 1.807) is 0 Å². The molecular formula is C57H44N6O2+2. The molecule has 0 saturated heterocycles. The lowest BCUT2D eigenvalue weighted by atomic mass is 9.84. The van der Waals surface area contributed by atoms with Gasteiger partial charge >= 0.3 is 0 Å².